The van der Waals surface area contributed by atoms with Gasteiger partial charge in [0.2, 0.25) is 5.76 Å². The fourth-order valence-corrected chi connectivity index (χ4v) is 0.574. The fourth-order valence-electron chi connectivity index (χ4n) is 0.574. The maximum atomic E-state index is 11.1. The average molecular weight is 242 g/mol. The number of hydrogen-bond donors (Lipinski definition) is 2. The molecule has 0 fully saturated rings. The Hall–Kier alpha value is -2.08. The highest BCUT2D eigenvalue weighted by Gasteiger charge is 2.16. The van der Waals surface area contributed by atoms with E-state index in [1.165, 1.54) is 13.8 Å². The number of aliphatic hydroxyl groups is 2. The van der Waals surface area contributed by atoms with Crippen molar-refractivity contribution < 1.29 is 29.3 Å². The summed E-state index contributed by atoms with van der Waals surface area (Å²) in [4.78, 5) is 22.1. The summed E-state index contributed by atoms with van der Waals surface area (Å²) in [5, 5.41) is 18.1. The number of aliphatic hydroxyl groups excluding tert-OH is 2. The molecule has 6 heteroatoms. The first-order chi connectivity index (χ1) is 7.79. The molecular formula is C11H14O6. The van der Waals surface area contributed by atoms with Crippen LogP contribution < -0.4 is 0 Å². The molecule has 0 bridgehead atoms. The van der Waals surface area contributed by atoms with E-state index in [0.29, 0.717) is 0 Å². The summed E-state index contributed by atoms with van der Waals surface area (Å²) in [6.45, 7) is 8.54. The highest BCUT2D eigenvalue weighted by molar-refractivity contribution is 5.88. The molecule has 0 heterocycles. The number of carbonyl (C=O) groups is 2. The molecule has 2 N–H and O–H groups in total. The number of rotatable bonds is 5. The molecule has 6 nitrogen and oxygen atoms in total. The first kappa shape index (κ1) is 14.9. The molecule has 0 unspecified atom stereocenters. The van der Waals surface area contributed by atoms with Gasteiger partial charge in [-0.3, -0.25) is 0 Å². The topological polar surface area (TPSA) is 93.1 Å². The van der Waals surface area contributed by atoms with E-state index in [-0.39, 0.29) is 11.1 Å². The highest BCUT2D eigenvalue weighted by Crippen LogP contribution is 2.09. The molecule has 0 aliphatic carbocycles. The number of hydrogen-bond acceptors (Lipinski definition) is 6. The van der Waals surface area contributed by atoms with E-state index in [0.717, 1.165) is 0 Å². The summed E-state index contributed by atoms with van der Waals surface area (Å²) in [5.74, 6) is -3.32. The van der Waals surface area contributed by atoms with Crippen molar-refractivity contribution in [2.75, 3.05) is 6.61 Å². The number of carbonyl (C=O) groups excluding carboxylic acids is 2. The monoisotopic (exact) mass is 242 g/mol. The SMILES string of the molecule is C=C(C)C(=O)O/C(O)=C(/CO)OC(=O)C(=C)C. The third-order valence-electron chi connectivity index (χ3n) is 1.48. The van der Waals surface area contributed by atoms with Gasteiger partial charge >= 0.3 is 17.9 Å². The van der Waals surface area contributed by atoms with Crippen LogP contribution in [0.4, 0.5) is 0 Å². The molecule has 17 heavy (non-hydrogen) atoms. The van der Waals surface area contributed by atoms with Crippen molar-refractivity contribution in [1.82, 2.24) is 0 Å². The second-order valence-electron chi connectivity index (χ2n) is 3.23. The van der Waals surface area contributed by atoms with Crippen molar-refractivity contribution in [2.24, 2.45) is 0 Å². The summed E-state index contributed by atoms with van der Waals surface area (Å²) in [6, 6.07) is 0. The van der Waals surface area contributed by atoms with Crippen LogP contribution in [0.25, 0.3) is 0 Å². The Morgan fingerprint density at radius 3 is 1.82 bits per heavy atom. The van der Waals surface area contributed by atoms with Crippen molar-refractivity contribution in [3.63, 3.8) is 0 Å². The smallest absolute Gasteiger partial charge is 0.340 e. The van der Waals surface area contributed by atoms with Gasteiger partial charge in [-0.25, -0.2) is 9.59 Å². The van der Waals surface area contributed by atoms with Gasteiger partial charge in [0.25, 0.3) is 0 Å². The molecule has 0 saturated heterocycles. The lowest BCUT2D eigenvalue weighted by Gasteiger charge is -2.08. The van der Waals surface area contributed by atoms with Crippen molar-refractivity contribution in [2.45, 2.75) is 13.8 Å². The van der Waals surface area contributed by atoms with Crippen LogP contribution in [0.5, 0.6) is 0 Å². The van der Waals surface area contributed by atoms with Crippen molar-refractivity contribution in [1.29, 1.82) is 0 Å². The highest BCUT2D eigenvalue weighted by atomic mass is 16.6. The Morgan fingerprint density at radius 2 is 1.47 bits per heavy atom. The van der Waals surface area contributed by atoms with E-state index in [4.69, 9.17) is 5.11 Å². The van der Waals surface area contributed by atoms with Crippen LogP contribution in [0.1, 0.15) is 13.8 Å². The molecule has 0 spiro atoms. The molecule has 0 atom stereocenters. The zero-order chi connectivity index (χ0) is 13.6. The molecule has 0 aromatic heterocycles. The standard InChI is InChI=1S/C11H14O6/c1-6(2)9(13)16-8(5-12)11(15)17-10(14)7(3)4/h12,15H,1,3,5H2,2,4H3/b11-8-. The zero-order valence-corrected chi connectivity index (χ0v) is 9.65. The second kappa shape index (κ2) is 6.49. The Kier molecular flexibility index (Phi) is 5.70. The maximum absolute atomic E-state index is 11.1. The van der Waals surface area contributed by atoms with Crippen molar-refractivity contribution in [3.8, 4) is 0 Å². The lowest BCUT2D eigenvalue weighted by atomic mass is 10.3. The molecule has 0 aliphatic heterocycles. The normalized spacial score (nSPS) is 11.2. The number of esters is 2. The third-order valence-corrected chi connectivity index (χ3v) is 1.48. The minimum absolute atomic E-state index is 0.0417. The van der Waals surface area contributed by atoms with Gasteiger partial charge in [0.15, 0.2) is 0 Å². The summed E-state index contributed by atoms with van der Waals surface area (Å²) < 4.78 is 8.91. The zero-order valence-electron chi connectivity index (χ0n) is 9.65. The lowest BCUT2D eigenvalue weighted by molar-refractivity contribution is -0.143. The van der Waals surface area contributed by atoms with Gasteiger partial charge in [-0.05, 0) is 13.8 Å². The lowest BCUT2D eigenvalue weighted by Crippen LogP contribution is -2.13. The van der Waals surface area contributed by atoms with Gasteiger partial charge in [-0.15, -0.1) is 0 Å². The van der Waals surface area contributed by atoms with Gasteiger partial charge in [0.1, 0.15) is 6.61 Å². The van der Waals surface area contributed by atoms with Crippen LogP contribution in [0.3, 0.4) is 0 Å². The Morgan fingerprint density at radius 1 is 1.06 bits per heavy atom. The van der Waals surface area contributed by atoms with E-state index in [2.05, 4.69) is 22.6 Å². The minimum Gasteiger partial charge on any atom is -0.478 e. The minimum atomic E-state index is -0.991. The third kappa shape index (κ3) is 4.98. The van der Waals surface area contributed by atoms with Crippen LogP contribution in [-0.2, 0) is 19.1 Å². The quantitative estimate of drug-likeness (QED) is 0.423. The van der Waals surface area contributed by atoms with Crippen LogP contribution in [0.15, 0.2) is 36.0 Å². The molecule has 0 rings (SSSR count). The Bertz CT molecular complexity index is 391. The molecule has 0 aliphatic rings. The van der Waals surface area contributed by atoms with Gasteiger partial charge in [0.05, 0.1) is 0 Å². The summed E-state index contributed by atoms with van der Waals surface area (Å²) >= 11 is 0. The fraction of sp³-hybridized carbons (Fsp3) is 0.273. The molecule has 0 amide bonds. The van der Waals surface area contributed by atoms with E-state index in [9.17, 15) is 14.7 Å². The van der Waals surface area contributed by atoms with Crippen LogP contribution >= 0.6 is 0 Å². The van der Waals surface area contributed by atoms with Crippen LogP contribution in [0.2, 0.25) is 0 Å². The Balaban J connectivity index is 4.82. The average Bonchev–Trinajstić information content (AvgIpc) is 2.24. The maximum Gasteiger partial charge on any atom is 0.340 e. The molecule has 0 saturated carbocycles. The molecule has 0 aromatic carbocycles. The number of ether oxygens (including phenoxy) is 2. The molecule has 0 radical (unpaired) electrons. The van der Waals surface area contributed by atoms with E-state index < -0.39 is 30.2 Å². The first-order valence-corrected chi connectivity index (χ1v) is 4.58. The van der Waals surface area contributed by atoms with Gasteiger partial charge in [-0.1, -0.05) is 13.2 Å². The Labute approximate surface area is 98.5 Å². The first-order valence-electron chi connectivity index (χ1n) is 4.58. The second-order valence-corrected chi connectivity index (χ2v) is 3.23. The van der Waals surface area contributed by atoms with Crippen molar-refractivity contribution in [3.05, 3.63) is 36.0 Å². The summed E-state index contributed by atoms with van der Waals surface area (Å²) in [5.41, 5.74) is 0.107. The van der Waals surface area contributed by atoms with Crippen molar-refractivity contribution >= 4 is 11.9 Å². The largest absolute Gasteiger partial charge is 0.478 e. The molecule has 0 aromatic rings. The predicted octanol–water partition coefficient (Wildman–Crippen LogP) is 0.944. The summed E-state index contributed by atoms with van der Waals surface area (Å²) in [7, 11) is 0. The van der Waals surface area contributed by atoms with Gasteiger partial charge in [0, 0.05) is 11.1 Å². The predicted molar refractivity (Wildman–Crippen MR) is 58.6 cm³/mol. The van der Waals surface area contributed by atoms with E-state index in [1.807, 2.05) is 0 Å². The summed E-state index contributed by atoms with van der Waals surface area (Å²) in [6.07, 6.45) is 0. The van der Waals surface area contributed by atoms with Crippen LogP contribution in [0, 0.1) is 0 Å². The van der Waals surface area contributed by atoms with E-state index in [1.54, 1.807) is 0 Å². The van der Waals surface area contributed by atoms with Gasteiger partial charge < -0.3 is 19.7 Å². The van der Waals surface area contributed by atoms with Crippen LogP contribution in [-0.4, -0.2) is 28.8 Å². The molecular weight excluding hydrogens is 228 g/mol. The van der Waals surface area contributed by atoms with Gasteiger partial charge in [-0.2, -0.15) is 0 Å². The van der Waals surface area contributed by atoms with E-state index >= 15 is 0 Å². The molecule has 94 valence electrons.